The van der Waals surface area contributed by atoms with Crippen LogP contribution in [0.25, 0.3) is 0 Å². The second kappa shape index (κ2) is 7.80. The Kier molecular flexibility index (Phi) is 6.70. The molecule has 0 spiro atoms. The zero-order valence-corrected chi connectivity index (χ0v) is 13.7. The Morgan fingerprint density at radius 3 is 2.30 bits per heavy atom. The summed E-state index contributed by atoms with van der Waals surface area (Å²) >= 11 is 0. The van der Waals surface area contributed by atoms with E-state index >= 15 is 0 Å². The highest BCUT2D eigenvalue weighted by Gasteiger charge is 2.25. The Labute approximate surface area is 124 Å². The van der Waals surface area contributed by atoms with Gasteiger partial charge in [-0.3, -0.25) is 0 Å². The summed E-state index contributed by atoms with van der Waals surface area (Å²) in [5.41, 5.74) is 3.96. The van der Waals surface area contributed by atoms with E-state index in [1.807, 2.05) is 0 Å². The van der Waals surface area contributed by atoms with Gasteiger partial charge in [0.1, 0.15) is 0 Å². The maximum absolute atomic E-state index is 8.93. The Hall–Kier alpha value is -0.860. The zero-order chi connectivity index (χ0) is 15.2. The van der Waals surface area contributed by atoms with Crippen LogP contribution in [-0.4, -0.2) is 23.9 Å². The van der Waals surface area contributed by atoms with Crippen molar-refractivity contribution < 1.29 is 9.84 Å². The molecule has 2 heteroatoms. The summed E-state index contributed by atoms with van der Waals surface area (Å²) in [6.45, 7) is 11.4. The van der Waals surface area contributed by atoms with E-state index in [-0.39, 0.29) is 12.2 Å². The van der Waals surface area contributed by atoms with E-state index in [1.54, 1.807) is 0 Å². The lowest BCUT2D eigenvalue weighted by molar-refractivity contribution is -0.0612. The Bertz CT molecular complexity index is 394. The van der Waals surface area contributed by atoms with Gasteiger partial charge in [0.2, 0.25) is 0 Å². The Morgan fingerprint density at radius 2 is 1.80 bits per heavy atom. The van der Waals surface area contributed by atoms with Gasteiger partial charge >= 0.3 is 0 Å². The van der Waals surface area contributed by atoms with Crippen LogP contribution in [0.15, 0.2) is 18.2 Å². The fourth-order valence-corrected chi connectivity index (χ4v) is 3.00. The number of hydrogen-bond acceptors (Lipinski definition) is 2. The van der Waals surface area contributed by atoms with E-state index < -0.39 is 0 Å². The first kappa shape index (κ1) is 17.2. The van der Waals surface area contributed by atoms with Crippen molar-refractivity contribution in [3.63, 3.8) is 0 Å². The van der Waals surface area contributed by atoms with Crippen molar-refractivity contribution in [1.29, 1.82) is 0 Å². The van der Waals surface area contributed by atoms with E-state index in [9.17, 15) is 0 Å². The van der Waals surface area contributed by atoms with Crippen molar-refractivity contribution in [3.05, 3.63) is 34.9 Å². The normalized spacial score (nSPS) is 15.9. The monoisotopic (exact) mass is 278 g/mol. The molecule has 0 heterocycles. The second-order valence-electron chi connectivity index (χ2n) is 6.38. The third-order valence-electron chi connectivity index (χ3n) is 3.94. The molecule has 2 atom stereocenters. The van der Waals surface area contributed by atoms with Crippen LogP contribution < -0.4 is 0 Å². The van der Waals surface area contributed by atoms with Gasteiger partial charge in [-0.05, 0) is 51.5 Å². The topological polar surface area (TPSA) is 29.5 Å². The van der Waals surface area contributed by atoms with Gasteiger partial charge in [0.25, 0.3) is 0 Å². The molecule has 0 fully saturated rings. The van der Waals surface area contributed by atoms with Crippen molar-refractivity contribution in [2.45, 2.75) is 59.5 Å². The van der Waals surface area contributed by atoms with Crippen LogP contribution in [0.4, 0.5) is 0 Å². The number of rotatable bonds is 8. The van der Waals surface area contributed by atoms with Crippen molar-refractivity contribution in [2.75, 3.05) is 13.2 Å². The fourth-order valence-electron chi connectivity index (χ4n) is 3.00. The molecule has 1 N–H and O–H groups in total. The molecule has 0 bridgehead atoms. The average molecular weight is 278 g/mol. The number of ether oxygens (including phenoxy) is 1. The van der Waals surface area contributed by atoms with Gasteiger partial charge in [-0.15, -0.1) is 0 Å². The van der Waals surface area contributed by atoms with E-state index in [0.717, 1.165) is 19.3 Å². The molecule has 0 aromatic heterocycles. The SMILES string of the molecule is CCC(C)(CC(C)Cc1cc(C)cc(C)c1)OCCO. The fraction of sp³-hybridized carbons (Fsp3) is 0.667. The predicted octanol–water partition coefficient (Wildman–Crippen LogP) is 4.05. The summed E-state index contributed by atoms with van der Waals surface area (Å²) < 4.78 is 5.83. The third-order valence-corrected chi connectivity index (χ3v) is 3.94. The smallest absolute Gasteiger partial charge is 0.0705 e. The largest absolute Gasteiger partial charge is 0.394 e. The minimum Gasteiger partial charge on any atom is -0.394 e. The third kappa shape index (κ3) is 5.64. The van der Waals surface area contributed by atoms with Gasteiger partial charge in [-0.1, -0.05) is 43.2 Å². The first-order chi connectivity index (χ1) is 9.38. The summed E-state index contributed by atoms with van der Waals surface area (Å²) in [6, 6.07) is 6.78. The highest BCUT2D eigenvalue weighted by atomic mass is 16.5. The molecule has 0 aliphatic heterocycles. The standard InChI is InChI=1S/C18H30O2/c1-6-18(5,20-8-7-19)13-16(4)12-17-10-14(2)9-15(3)11-17/h9-11,16,19H,6-8,12-13H2,1-5H3. The van der Waals surface area contributed by atoms with E-state index in [0.29, 0.717) is 12.5 Å². The molecular weight excluding hydrogens is 248 g/mol. The van der Waals surface area contributed by atoms with Crippen LogP contribution in [0.5, 0.6) is 0 Å². The quantitative estimate of drug-likeness (QED) is 0.777. The van der Waals surface area contributed by atoms with Crippen molar-refractivity contribution >= 4 is 0 Å². The van der Waals surface area contributed by atoms with E-state index in [2.05, 4.69) is 52.8 Å². The van der Waals surface area contributed by atoms with Crippen molar-refractivity contribution in [1.82, 2.24) is 0 Å². The van der Waals surface area contributed by atoms with Crippen LogP contribution in [0.3, 0.4) is 0 Å². The number of benzene rings is 1. The predicted molar refractivity (Wildman–Crippen MR) is 85.1 cm³/mol. The van der Waals surface area contributed by atoms with Crippen LogP contribution in [0.2, 0.25) is 0 Å². The lowest BCUT2D eigenvalue weighted by atomic mass is 9.86. The minimum absolute atomic E-state index is 0.0983. The zero-order valence-electron chi connectivity index (χ0n) is 13.7. The molecule has 1 aromatic carbocycles. The van der Waals surface area contributed by atoms with Gasteiger partial charge < -0.3 is 9.84 Å². The summed E-state index contributed by atoms with van der Waals surface area (Å²) in [5.74, 6) is 0.569. The molecule has 0 aliphatic rings. The molecule has 2 unspecified atom stereocenters. The maximum Gasteiger partial charge on any atom is 0.0705 e. The maximum atomic E-state index is 8.93. The lowest BCUT2D eigenvalue weighted by Gasteiger charge is -2.31. The van der Waals surface area contributed by atoms with Crippen LogP contribution in [0, 0.1) is 19.8 Å². The molecule has 0 saturated heterocycles. The molecule has 20 heavy (non-hydrogen) atoms. The summed E-state index contributed by atoms with van der Waals surface area (Å²) in [7, 11) is 0. The van der Waals surface area contributed by atoms with Crippen LogP contribution >= 0.6 is 0 Å². The van der Waals surface area contributed by atoms with Gasteiger partial charge in [0.15, 0.2) is 0 Å². The Balaban J connectivity index is 2.63. The summed E-state index contributed by atoms with van der Waals surface area (Å²) in [6.07, 6.45) is 3.08. The highest BCUT2D eigenvalue weighted by molar-refractivity contribution is 5.28. The molecule has 0 radical (unpaired) electrons. The summed E-state index contributed by atoms with van der Waals surface area (Å²) in [4.78, 5) is 0. The first-order valence-corrected chi connectivity index (χ1v) is 7.70. The molecule has 0 saturated carbocycles. The molecule has 0 aliphatic carbocycles. The number of aliphatic hydroxyl groups excluding tert-OH is 1. The summed E-state index contributed by atoms with van der Waals surface area (Å²) in [5, 5.41) is 8.93. The van der Waals surface area contributed by atoms with E-state index in [4.69, 9.17) is 9.84 Å². The molecule has 114 valence electrons. The first-order valence-electron chi connectivity index (χ1n) is 7.70. The molecule has 1 aromatic rings. The van der Waals surface area contributed by atoms with Crippen LogP contribution in [0.1, 0.15) is 50.3 Å². The Morgan fingerprint density at radius 1 is 1.20 bits per heavy atom. The number of aryl methyl sites for hydroxylation is 2. The van der Waals surface area contributed by atoms with Gasteiger partial charge in [-0.25, -0.2) is 0 Å². The van der Waals surface area contributed by atoms with Crippen molar-refractivity contribution in [3.8, 4) is 0 Å². The van der Waals surface area contributed by atoms with Crippen LogP contribution in [-0.2, 0) is 11.2 Å². The molecule has 0 amide bonds. The second-order valence-corrected chi connectivity index (χ2v) is 6.38. The molecule has 2 nitrogen and oxygen atoms in total. The van der Waals surface area contributed by atoms with Gasteiger partial charge in [0.05, 0.1) is 18.8 Å². The van der Waals surface area contributed by atoms with E-state index in [1.165, 1.54) is 16.7 Å². The molecule has 1 rings (SSSR count). The van der Waals surface area contributed by atoms with Crippen molar-refractivity contribution in [2.24, 2.45) is 5.92 Å². The number of aliphatic hydroxyl groups is 1. The average Bonchev–Trinajstić information content (AvgIpc) is 2.35. The minimum atomic E-state index is -0.124. The van der Waals surface area contributed by atoms with Gasteiger partial charge in [-0.2, -0.15) is 0 Å². The highest BCUT2D eigenvalue weighted by Crippen LogP contribution is 2.27. The molecular formula is C18H30O2. The van der Waals surface area contributed by atoms with Gasteiger partial charge in [0, 0.05) is 0 Å². The lowest BCUT2D eigenvalue weighted by Crippen LogP contribution is -2.32. The number of hydrogen-bond donors (Lipinski definition) is 1.